The predicted molar refractivity (Wildman–Crippen MR) is 83.9 cm³/mol. The van der Waals surface area contributed by atoms with Gasteiger partial charge in [-0.05, 0) is 38.9 Å². The molecule has 0 aliphatic carbocycles. The largest absolute Gasteiger partial charge is 0.377 e. The molecule has 4 nitrogen and oxygen atoms in total. The molecule has 114 valence electrons. The van der Waals surface area contributed by atoms with Crippen molar-refractivity contribution in [3.8, 4) is 6.07 Å². The second kappa shape index (κ2) is 7.56. The van der Waals surface area contributed by atoms with Gasteiger partial charge in [0, 0.05) is 19.7 Å². The zero-order chi connectivity index (χ0) is 15.1. The molecule has 2 unspecified atom stereocenters. The van der Waals surface area contributed by atoms with Crippen LogP contribution >= 0.6 is 0 Å². The van der Waals surface area contributed by atoms with Crippen LogP contribution in [0.4, 0.5) is 0 Å². The summed E-state index contributed by atoms with van der Waals surface area (Å²) in [6, 6.07) is 12.4. The molecule has 0 radical (unpaired) electrons. The van der Waals surface area contributed by atoms with E-state index in [1.165, 1.54) is 12.8 Å². The Kier molecular flexibility index (Phi) is 5.75. The summed E-state index contributed by atoms with van der Waals surface area (Å²) in [6.45, 7) is 2.38. The van der Waals surface area contributed by atoms with Crippen molar-refractivity contribution in [1.29, 1.82) is 5.26 Å². The van der Waals surface area contributed by atoms with Crippen molar-refractivity contribution in [3.63, 3.8) is 0 Å². The minimum atomic E-state index is -0.676. The fraction of sp³-hybridized carbons (Fsp3) is 0.588. The molecule has 0 saturated carbocycles. The Labute approximate surface area is 127 Å². The van der Waals surface area contributed by atoms with Crippen molar-refractivity contribution < 1.29 is 4.74 Å². The van der Waals surface area contributed by atoms with Crippen LogP contribution in [0.25, 0.3) is 0 Å². The highest BCUT2D eigenvalue weighted by Crippen LogP contribution is 2.22. The molecule has 1 aromatic rings. The summed E-state index contributed by atoms with van der Waals surface area (Å²) in [5.74, 6) is 0. The molecule has 4 heteroatoms. The topological polar surface area (TPSA) is 48.3 Å². The van der Waals surface area contributed by atoms with Gasteiger partial charge in [0.25, 0.3) is 0 Å². The number of likely N-dealkylation sites (N-methyl/N-ethyl adjacent to an activating group) is 2. The normalized spacial score (nSPS) is 21.7. The van der Waals surface area contributed by atoms with E-state index in [9.17, 15) is 5.26 Å². The Bertz CT molecular complexity index is 465. The molecule has 1 saturated heterocycles. The summed E-state index contributed by atoms with van der Waals surface area (Å²) >= 11 is 0. The lowest BCUT2D eigenvalue weighted by Gasteiger charge is -2.34. The molecule has 1 aromatic carbocycles. The Morgan fingerprint density at radius 2 is 2.14 bits per heavy atom. The van der Waals surface area contributed by atoms with Gasteiger partial charge >= 0.3 is 0 Å². The van der Waals surface area contributed by atoms with Crippen molar-refractivity contribution in [3.05, 3.63) is 35.9 Å². The molecule has 0 bridgehead atoms. The first-order chi connectivity index (χ1) is 10.2. The van der Waals surface area contributed by atoms with Crippen LogP contribution in [0.2, 0.25) is 0 Å². The van der Waals surface area contributed by atoms with E-state index in [0.29, 0.717) is 12.6 Å². The molecule has 1 N–H and O–H groups in total. The molecular formula is C17H25N3O. The van der Waals surface area contributed by atoms with Crippen LogP contribution < -0.4 is 5.32 Å². The van der Waals surface area contributed by atoms with E-state index in [4.69, 9.17) is 4.74 Å². The zero-order valence-corrected chi connectivity index (χ0v) is 13.0. The van der Waals surface area contributed by atoms with Gasteiger partial charge in [-0.25, -0.2) is 0 Å². The van der Waals surface area contributed by atoms with E-state index in [1.54, 1.807) is 0 Å². The third-order valence-electron chi connectivity index (χ3n) is 4.18. The number of nitriles is 1. The summed E-state index contributed by atoms with van der Waals surface area (Å²) in [5, 5.41) is 12.9. The minimum absolute atomic E-state index is 0.299. The Morgan fingerprint density at radius 3 is 2.71 bits per heavy atom. The van der Waals surface area contributed by atoms with Gasteiger partial charge in [-0.3, -0.25) is 5.32 Å². The number of ether oxygens (including phenoxy) is 1. The maximum absolute atomic E-state index is 9.71. The summed E-state index contributed by atoms with van der Waals surface area (Å²) in [4.78, 5) is 2.20. The third kappa shape index (κ3) is 4.04. The molecule has 2 rings (SSSR count). The van der Waals surface area contributed by atoms with Crippen LogP contribution in [-0.2, 0) is 10.3 Å². The third-order valence-corrected chi connectivity index (χ3v) is 4.18. The van der Waals surface area contributed by atoms with Crippen molar-refractivity contribution in [2.24, 2.45) is 0 Å². The number of hydrogen-bond donors (Lipinski definition) is 1. The fourth-order valence-electron chi connectivity index (χ4n) is 2.96. The maximum Gasteiger partial charge on any atom is 0.144 e. The first-order valence-electron chi connectivity index (χ1n) is 7.66. The molecule has 0 aromatic heterocycles. The number of hydrogen-bond acceptors (Lipinski definition) is 4. The summed E-state index contributed by atoms with van der Waals surface area (Å²) < 4.78 is 5.79. The predicted octanol–water partition coefficient (Wildman–Crippen LogP) is 2.13. The van der Waals surface area contributed by atoms with Gasteiger partial charge in [0.05, 0.1) is 12.2 Å². The second-order valence-electron chi connectivity index (χ2n) is 5.82. The van der Waals surface area contributed by atoms with Gasteiger partial charge in [0.15, 0.2) is 0 Å². The van der Waals surface area contributed by atoms with Crippen LogP contribution in [-0.4, -0.2) is 44.8 Å². The average Bonchev–Trinajstić information content (AvgIpc) is 2.54. The summed E-state index contributed by atoms with van der Waals surface area (Å²) in [7, 11) is 3.91. The van der Waals surface area contributed by atoms with E-state index in [2.05, 4.69) is 23.3 Å². The van der Waals surface area contributed by atoms with Crippen molar-refractivity contribution in [2.45, 2.75) is 30.9 Å². The monoisotopic (exact) mass is 287 g/mol. The fourth-order valence-corrected chi connectivity index (χ4v) is 2.96. The smallest absolute Gasteiger partial charge is 0.144 e. The lowest BCUT2D eigenvalue weighted by atomic mass is 9.91. The maximum atomic E-state index is 9.71. The summed E-state index contributed by atoms with van der Waals surface area (Å²) in [6.07, 6.45) is 3.83. The van der Waals surface area contributed by atoms with Crippen LogP contribution in [0.3, 0.4) is 0 Å². The van der Waals surface area contributed by atoms with E-state index >= 15 is 0 Å². The van der Waals surface area contributed by atoms with Gasteiger partial charge in [0.1, 0.15) is 5.54 Å². The highest BCUT2D eigenvalue weighted by molar-refractivity contribution is 5.31. The first-order valence-corrected chi connectivity index (χ1v) is 7.66. The average molecular weight is 287 g/mol. The SMILES string of the molecule is CNC(C#N)(CN(C)CC1CCCCO1)c1ccccc1. The van der Waals surface area contributed by atoms with E-state index in [-0.39, 0.29) is 0 Å². The standard InChI is InChI=1S/C17H25N3O/c1-19-17(13-18,15-8-4-3-5-9-15)14-20(2)12-16-10-6-7-11-21-16/h3-5,8-9,16,19H,6-7,10-12,14H2,1-2H3. The van der Waals surface area contributed by atoms with E-state index in [0.717, 1.165) is 25.1 Å². The molecule has 1 aliphatic rings. The Balaban J connectivity index is 2.04. The number of benzene rings is 1. The van der Waals surface area contributed by atoms with Crippen LogP contribution in [0, 0.1) is 11.3 Å². The quantitative estimate of drug-likeness (QED) is 0.871. The Morgan fingerprint density at radius 1 is 1.38 bits per heavy atom. The molecule has 1 fully saturated rings. The van der Waals surface area contributed by atoms with Crippen LogP contribution in [0.1, 0.15) is 24.8 Å². The van der Waals surface area contributed by atoms with Crippen LogP contribution in [0.15, 0.2) is 30.3 Å². The first kappa shape index (κ1) is 16.0. The van der Waals surface area contributed by atoms with Crippen molar-refractivity contribution in [1.82, 2.24) is 10.2 Å². The number of nitrogens with zero attached hydrogens (tertiary/aromatic N) is 2. The Hall–Kier alpha value is -1.41. The molecule has 2 atom stereocenters. The minimum Gasteiger partial charge on any atom is -0.377 e. The van der Waals surface area contributed by atoms with Crippen molar-refractivity contribution in [2.75, 3.05) is 33.8 Å². The van der Waals surface area contributed by atoms with Gasteiger partial charge in [-0.1, -0.05) is 30.3 Å². The molecule has 1 heterocycles. The van der Waals surface area contributed by atoms with Gasteiger partial charge in [-0.15, -0.1) is 0 Å². The molecular weight excluding hydrogens is 262 g/mol. The zero-order valence-electron chi connectivity index (χ0n) is 13.0. The molecule has 21 heavy (non-hydrogen) atoms. The summed E-state index contributed by atoms with van der Waals surface area (Å²) in [5.41, 5.74) is 0.330. The van der Waals surface area contributed by atoms with Gasteiger partial charge in [0.2, 0.25) is 0 Å². The highest BCUT2D eigenvalue weighted by atomic mass is 16.5. The molecule has 1 aliphatic heterocycles. The number of nitrogens with one attached hydrogen (secondary N) is 1. The molecule has 0 amide bonds. The lowest BCUT2D eigenvalue weighted by molar-refractivity contribution is -0.00393. The van der Waals surface area contributed by atoms with E-state index < -0.39 is 5.54 Å². The van der Waals surface area contributed by atoms with Gasteiger partial charge in [-0.2, -0.15) is 5.26 Å². The lowest BCUT2D eigenvalue weighted by Crippen LogP contribution is -2.49. The van der Waals surface area contributed by atoms with E-state index in [1.807, 2.05) is 37.4 Å². The second-order valence-corrected chi connectivity index (χ2v) is 5.82. The van der Waals surface area contributed by atoms with Crippen molar-refractivity contribution >= 4 is 0 Å². The highest BCUT2D eigenvalue weighted by Gasteiger charge is 2.32. The van der Waals surface area contributed by atoms with Crippen LogP contribution in [0.5, 0.6) is 0 Å². The molecule has 0 spiro atoms. The number of rotatable bonds is 6. The van der Waals surface area contributed by atoms with Gasteiger partial charge < -0.3 is 9.64 Å².